The van der Waals surface area contributed by atoms with Crippen LogP contribution in [0.1, 0.15) is 25.7 Å². The van der Waals surface area contributed by atoms with Crippen LogP contribution >= 0.6 is 11.3 Å². The van der Waals surface area contributed by atoms with Gasteiger partial charge < -0.3 is 4.74 Å². The van der Waals surface area contributed by atoms with E-state index in [0.29, 0.717) is 11.1 Å². The third kappa shape index (κ3) is 3.03. The molecule has 0 spiro atoms. The molecule has 5 nitrogen and oxygen atoms in total. The molecule has 1 aromatic heterocycles. The molecule has 0 saturated heterocycles. The molecule has 0 amide bonds. The number of ether oxygens (including phenoxy) is 1. The Kier molecular flexibility index (Phi) is 4.14. The number of hydrogen-bond acceptors (Lipinski definition) is 5. The molecule has 0 fully saturated rings. The van der Waals surface area contributed by atoms with Crippen molar-refractivity contribution in [2.24, 2.45) is 0 Å². The first-order chi connectivity index (χ1) is 9.49. The summed E-state index contributed by atoms with van der Waals surface area (Å²) in [5, 5.41) is 10.9. The van der Waals surface area contributed by atoms with E-state index in [-0.39, 0.29) is 12.3 Å². The van der Waals surface area contributed by atoms with Crippen molar-refractivity contribution in [3.05, 3.63) is 61.3 Å². The standard InChI is InChI=1S/C14H13NO4S/c1-9-7-12(10(2)20-9)14(16)19-8-11-5-3-4-6-13(11)15(17)18/h3-7H,8H2,1-2H3. The number of aryl methyl sites for hydroxylation is 2. The highest BCUT2D eigenvalue weighted by Crippen LogP contribution is 2.23. The van der Waals surface area contributed by atoms with Crippen molar-refractivity contribution in [1.29, 1.82) is 0 Å². The van der Waals surface area contributed by atoms with Crippen LogP contribution in [-0.2, 0) is 11.3 Å². The molecule has 0 unspecified atom stereocenters. The van der Waals surface area contributed by atoms with E-state index in [1.165, 1.54) is 17.4 Å². The minimum Gasteiger partial charge on any atom is -0.457 e. The summed E-state index contributed by atoms with van der Waals surface area (Å²) in [5.41, 5.74) is 0.861. The van der Waals surface area contributed by atoms with Crippen LogP contribution in [0.5, 0.6) is 0 Å². The zero-order valence-corrected chi connectivity index (χ0v) is 11.9. The monoisotopic (exact) mass is 291 g/mol. The Bertz CT molecular complexity index is 663. The molecule has 0 radical (unpaired) electrons. The van der Waals surface area contributed by atoms with E-state index in [1.807, 2.05) is 13.8 Å². The van der Waals surface area contributed by atoms with Gasteiger partial charge in [0.05, 0.1) is 16.1 Å². The fourth-order valence-corrected chi connectivity index (χ4v) is 2.78. The molecule has 0 aliphatic rings. The molecule has 104 valence electrons. The predicted octanol–water partition coefficient (Wildman–Crippen LogP) is 3.63. The smallest absolute Gasteiger partial charge is 0.339 e. The lowest BCUT2D eigenvalue weighted by Gasteiger charge is -2.05. The van der Waals surface area contributed by atoms with Crippen molar-refractivity contribution in [3.63, 3.8) is 0 Å². The number of hydrogen-bond donors (Lipinski definition) is 0. The van der Waals surface area contributed by atoms with Gasteiger partial charge in [0, 0.05) is 15.8 Å². The number of thiophene rings is 1. The van der Waals surface area contributed by atoms with Crippen molar-refractivity contribution in [2.45, 2.75) is 20.5 Å². The first-order valence-corrected chi connectivity index (χ1v) is 6.77. The van der Waals surface area contributed by atoms with Gasteiger partial charge in [0.25, 0.3) is 5.69 Å². The predicted molar refractivity (Wildman–Crippen MR) is 76.0 cm³/mol. The summed E-state index contributed by atoms with van der Waals surface area (Å²) in [7, 11) is 0. The van der Waals surface area contributed by atoms with Gasteiger partial charge in [-0.25, -0.2) is 4.79 Å². The van der Waals surface area contributed by atoms with E-state index >= 15 is 0 Å². The van der Waals surface area contributed by atoms with Crippen LogP contribution < -0.4 is 0 Å². The van der Waals surface area contributed by atoms with Gasteiger partial charge in [0.2, 0.25) is 0 Å². The quantitative estimate of drug-likeness (QED) is 0.490. The molecular weight excluding hydrogens is 278 g/mol. The van der Waals surface area contributed by atoms with Gasteiger partial charge >= 0.3 is 5.97 Å². The lowest BCUT2D eigenvalue weighted by Crippen LogP contribution is -2.06. The average molecular weight is 291 g/mol. The summed E-state index contributed by atoms with van der Waals surface area (Å²) in [6, 6.07) is 7.99. The highest BCUT2D eigenvalue weighted by Gasteiger charge is 2.17. The fourth-order valence-electron chi connectivity index (χ4n) is 1.87. The summed E-state index contributed by atoms with van der Waals surface area (Å²) in [6.45, 7) is 3.65. The molecule has 0 N–H and O–H groups in total. The van der Waals surface area contributed by atoms with Gasteiger partial charge in [-0.15, -0.1) is 11.3 Å². The number of carbonyl (C=O) groups excluding carboxylic acids is 1. The number of carbonyl (C=O) groups is 1. The fraction of sp³-hybridized carbons (Fsp3) is 0.214. The van der Waals surface area contributed by atoms with Gasteiger partial charge in [-0.3, -0.25) is 10.1 Å². The van der Waals surface area contributed by atoms with Crippen molar-refractivity contribution in [3.8, 4) is 0 Å². The Morgan fingerprint density at radius 2 is 2.05 bits per heavy atom. The number of benzene rings is 1. The third-order valence-electron chi connectivity index (χ3n) is 2.81. The van der Waals surface area contributed by atoms with Crippen molar-refractivity contribution >= 4 is 23.0 Å². The summed E-state index contributed by atoms with van der Waals surface area (Å²) >= 11 is 1.52. The van der Waals surface area contributed by atoms with Crippen molar-refractivity contribution < 1.29 is 14.5 Å². The maximum absolute atomic E-state index is 11.9. The molecule has 1 aromatic carbocycles. The number of nitrogens with zero attached hydrogens (tertiary/aromatic N) is 1. The molecule has 0 aliphatic carbocycles. The lowest BCUT2D eigenvalue weighted by atomic mass is 10.2. The molecule has 20 heavy (non-hydrogen) atoms. The Morgan fingerprint density at radius 1 is 1.35 bits per heavy atom. The van der Waals surface area contributed by atoms with E-state index < -0.39 is 10.9 Å². The normalized spacial score (nSPS) is 10.3. The molecule has 0 atom stereocenters. The topological polar surface area (TPSA) is 69.4 Å². The molecule has 2 rings (SSSR count). The molecule has 2 aromatic rings. The molecule has 0 saturated carbocycles. The average Bonchev–Trinajstić information content (AvgIpc) is 2.75. The van der Waals surface area contributed by atoms with E-state index in [4.69, 9.17) is 4.74 Å². The second kappa shape index (κ2) is 5.83. The van der Waals surface area contributed by atoms with Crippen LogP contribution in [-0.4, -0.2) is 10.9 Å². The first kappa shape index (κ1) is 14.2. The largest absolute Gasteiger partial charge is 0.457 e. The number of para-hydroxylation sites is 1. The second-order valence-electron chi connectivity index (χ2n) is 4.29. The minimum absolute atomic E-state index is 0.0430. The van der Waals surface area contributed by atoms with Crippen LogP contribution in [0, 0.1) is 24.0 Å². The van der Waals surface area contributed by atoms with E-state index in [0.717, 1.165) is 9.75 Å². The molecule has 6 heteroatoms. The zero-order chi connectivity index (χ0) is 14.7. The van der Waals surface area contributed by atoms with Gasteiger partial charge in [0.1, 0.15) is 6.61 Å². The van der Waals surface area contributed by atoms with Crippen LogP contribution in [0.25, 0.3) is 0 Å². The maximum atomic E-state index is 11.9. The summed E-state index contributed by atoms with van der Waals surface area (Å²) in [5.74, 6) is -0.454. The number of esters is 1. The maximum Gasteiger partial charge on any atom is 0.339 e. The molecule has 1 heterocycles. The molecule has 0 aliphatic heterocycles. The van der Waals surface area contributed by atoms with Gasteiger partial charge in [-0.1, -0.05) is 12.1 Å². The first-order valence-electron chi connectivity index (χ1n) is 5.95. The molecular formula is C14H13NO4S. The zero-order valence-electron chi connectivity index (χ0n) is 11.1. The third-order valence-corrected chi connectivity index (χ3v) is 3.77. The van der Waals surface area contributed by atoms with Gasteiger partial charge in [0.15, 0.2) is 0 Å². The SMILES string of the molecule is Cc1cc(C(=O)OCc2ccccc2[N+](=O)[O-])c(C)s1. The summed E-state index contributed by atoms with van der Waals surface area (Å²) in [4.78, 5) is 24.2. The lowest BCUT2D eigenvalue weighted by molar-refractivity contribution is -0.385. The summed E-state index contributed by atoms with van der Waals surface area (Å²) < 4.78 is 5.16. The van der Waals surface area contributed by atoms with Crippen molar-refractivity contribution in [1.82, 2.24) is 0 Å². The Morgan fingerprint density at radius 3 is 2.65 bits per heavy atom. The van der Waals surface area contributed by atoms with Crippen molar-refractivity contribution in [2.75, 3.05) is 0 Å². The summed E-state index contributed by atoms with van der Waals surface area (Å²) in [6.07, 6.45) is 0. The minimum atomic E-state index is -0.483. The van der Waals surface area contributed by atoms with Gasteiger partial charge in [-0.2, -0.15) is 0 Å². The second-order valence-corrected chi connectivity index (χ2v) is 5.75. The number of rotatable bonds is 4. The van der Waals surface area contributed by atoms with Crippen LogP contribution in [0.2, 0.25) is 0 Å². The van der Waals surface area contributed by atoms with Gasteiger partial charge in [-0.05, 0) is 26.0 Å². The Labute approximate surface area is 120 Å². The molecule has 0 bridgehead atoms. The van der Waals surface area contributed by atoms with Crippen LogP contribution in [0.3, 0.4) is 0 Å². The van der Waals surface area contributed by atoms with E-state index in [9.17, 15) is 14.9 Å². The van der Waals surface area contributed by atoms with Crippen LogP contribution in [0.15, 0.2) is 30.3 Å². The van der Waals surface area contributed by atoms with E-state index in [2.05, 4.69) is 0 Å². The highest BCUT2D eigenvalue weighted by atomic mass is 32.1. The number of nitro groups is 1. The number of nitro benzene ring substituents is 1. The Balaban J connectivity index is 2.11. The highest BCUT2D eigenvalue weighted by molar-refractivity contribution is 7.12. The Hall–Kier alpha value is -2.21. The van der Waals surface area contributed by atoms with Crippen LogP contribution in [0.4, 0.5) is 5.69 Å². The van der Waals surface area contributed by atoms with E-state index in [1.54, 1.807) is 24.3 Å².